The van der Waals surface area contributed by atoms with Gasteiger partial charge >= 0.3 is 0 Å². The molecule has 1 amide bonds. The zero-order chi connectivity index (χ0) is 17.1. The maximum absolute atomic E-state index is 12.4. The second-order valence-corrected chi connectivity index (χ2v) is 7.22. The fourth-order valence-electron chi connectivity index (χ4n) is 2.18. The van der Waals surface area contributed by atoms with Crippen molar-refractivity contribution in [1.29, 1.82) is 0 Å². The van der Waals surface area contributed by atoms with E-state index in [1.54, 1.807) is 6.07 Å². The number of aromatic nitrogens is 1. The molecule has 0 fully saturated rings. The highest BCUT2D eigenvalue weighted by Crippen LogP contribution is 2.26. The average Bonchev–Trinajstić information content (AvgIpc) is 3.04. The maximum Gasteiger partial charge on any atom is 0.257 e. The lowest BCUT2D eigenvalue weighted by Gasteiger charge is -2.13. The summed E-state index contributed by atoms with van der Waals surface area (Å²) >= 11 is 4.84. The number of amides is 1. The Morgan fingerprint density at radius 2 is 1.92 bits per heavy atom. The van der Waals surface area contributed by atoms with Crippen LogP contribution in [0.15, 0.2) is 58.4 Å². The molecule has 1 heterocycles. The molecular weight excluding hydrogens is 386 g/mol. The number of rotatable bonds is 4. The summed E-state index contributed by atoms with van der Waals surface area (Å²) in [5.74, 6) is -0.157. The third-order valence-corrected chi connectivity index (χ3v) is 4.78. The topological polar surface area (TPSA) is 45.2 Å². The normalized spacial score (nSPS) is 10.5. The molecule has 0 atom stereocenters. The number of halogens is 1. The fraction of sp³-hybridized carbons (Fsp3) is 0.111. The van der Waals surface area contributed by atoms with E-state index in [4.69, 9.17) is 0 Å². The lowest BCUT2D eigenvalue weighted by Crippen LogP contribution is -2.14. The van der Waals surface area contributed by atoms with Gasteiger partial charge in [-0.05, 0) is 30.3 Å². The van der Waals surface area contributed by atoms with E-state index in [2.05, 4.69) is 26.2 Å². The minimum atomic E-state index is -0.157. The van der Waals surface area contributed by atoms with E-state index in [1.807, 2.05) is 66.8 Å². The molecule has 0 aliphatic heterocycles. The van der Waals surface area contributed by atoms with Crippen LogP contribution in [0, 0.1) is 0 Å². The minimum Gasteiger partial charge on any atom is -0.378 e. The number of hydrogen-bond acceptors (Lipinski definition) is 4. The van der Waals surface area contributed by atoms with Crippen LogP contribution in [-0.4, -0.2) is 25.0 Å². The summed E-state index contributed by atoms with van der Waals surface area (Å²) in [5, 5.41) is 5.40. The summed E-state index contributed by atoms with van der Waals surface area (Å²) in [6, 6.07) is 15.4. The standard InChI is InChI=1S/C18H16BrN3OS/c1-22(2)15-5-3-4-13(10-15)17(23)21-18-20-16(11-24-18)12-6-8-14(19)9-7-12/h3-11H,1-2H3,(H,20,21,23). The summed E-state index contributed by atoms with van der Waals surface area (Å²) in [6.45, 7) is 0. The molecule has 0 radical (unpaired) electrons. The third-order valence-electron chi connectivity index (χ3n) is 3.49. The van der Waals surface area contributed by atoms with Gasteiger partial charge in [0.1, 0.15) is 0 Å². The second kappa shape index (κ2) is 7.15. The van der Waals surface area contributed by atoms with Crippen molar-refractivity contribution in [3.8, 4) is 11.3 Å². The molecule has 0 saturated carbocycles. The van der Waals surface area contributed by atoms with E-state index >= 15 is 0 Å². The highest BCUT2D eigenvalue weighted by atomic mass is 79.9. The first kappa shape index (κ1) is 16.7. The zero-order valence-electron chi connectivity index (χ0n) is 13.3. The third kappa shape index (κ3) is 3.83. The average molecular weight is 402 g/mol. The van der Waals surface area contributed by atoms with Crippen LogP contribution in [0.4, 0.5) is 10.8 Å². The number of carbonyl (C=O) groups excluding carboxylic acids is 1. The first-order valence-electron chi connectivity index (χ1n) is 7.33. The van der Waals surface area contributed by atoms with Crippen molar-refractivity contribution in [2.24, 2.45) is 0 Å². The number of anilines is 2. The van der Waals surface area contributed by atoms with E-state index < -0.39 is 0 Å². The first-order chi connectivity index (χ1) is 11.5. The van der Waals surface area contributed by atoms with Crippen molar-refractivity contribution >= 4 is 44.0 Å². The van der Waals surface area contributed by atoms with Crippen LogP contribution in [0.1, 0.15) is 10.4 Å². The number of nitrogens with zero attached hydrogens (tertiary/aromatic N) is 2. The Bertz CT molecular complexity index is 859. The van der Waals surface area contributed by atoms with Crippen LogP contribution in [0.5, 0.6) is 0 Å². The molecule has 0 spiro atoms. The number of carbonyl (C=O) groups is 1. The Labute approximate surface area is 153 Å². The highest BCUT2D eigenvalue weighted by Gasteiger charge is 2.11. The van der Waals surface area contributed by atoms with Crippen LogP contribution < -0.4 is 10.2 Å². The van der Waals surface area contributed by atoms with Gasteiger partial charge in [0.2, 0.25) is 0 Å². The van der Waals surface area contributed by atoms with Crippen LogP contribution in [-0.2, 0) is 0 Å². The van der Waals surface area contributed by atoms with Crippen molar-refractivity contribution in [1.82, 2.24) is 4.98 Å². The molecule has 1 N–H and O–H groups in total. The summed E-state index contributed by atoms with van der Waals surface area (Å²) in [5.41, 5.74) is 3.47. The van der Waals surface area contributed by atoms with Gasteiger partial charge in [0.15, 0.2) is 5.13 Å². The van der Waals surface area contributed by atoms with Gasteiger partial charge in [-0.1, -0.05) is 34.1 Å². The molecule has 1 aromatic heterocycles. The van der Waals surface area contributed by atoms with Gasteiger partial charge in [-0.25, -0.2) is 4.98 Å². The van der Waals surface area contributed by atoms with Gasteiger partial charge in [0.25, 0.3) is 5.91 Å². The molecule has 0 bridgehead atoms. The van der Waals surface area contributed by atoms with E-state index in [0.29, 0.717) is 10.7 Å². The van der Waals surface area contributed by atoms with Crippen molar-refractivity contribution < 1.29 is 4.79 Å². The zero-order valence-corrected chi connectivity index (χ0v) is 15.7. The van der Waals surface area contributed by atoms with E-state index in [9.17, 15) is 4.79 Å². The Morgan fingerprint density at radius 1 is 1.17 bits per heavy atom. The molecule has 0 unspecified atom stereocenters. The summed E-state index contributed by atoms with van der Waals surface area (Å²) in [4.78, 5) is 18.9. The number of hydrogen-bond donors (Lipinski definition) is 1. The second-order valence-electron chi connectivity index (χ2n) is 5.44. The van der Waals surface area contributed by atoms with Gasteiger partial charge < -0.3 is 4.90 Å². The van der Waals surface area contributed by atoms with Crippen LogP contribution in [0.2, 0.25) is 0 Å². The molecule has 6 heteroatoms. The molecule has 122 valence electrons. The number of thiazole rings is 1. The SMILES string of the molecule is CN(C)c1cccc(C(=O)Nc2nc(-c3ccc(Br)cc3)cs2)c1. The lowest BCUT2D eigenvalue weighted by molar-refractivity contribution is 0.102. The van der Waals surface area contributed by atoms with Crippen LogP contribution >= 0.6 is 27.3 Å². The van der Waals surface area contributed by atoms with Gasteiger partial charge in [-0.2, -0.15) is 0 Å². The highest BCUT2D eigenvalue weighted by molar-refractivity contribution is 9.10. The van der Waals surface area contributed by atoms with E-state index in [-0.39, 0.29) is 5.91 Å². The van der Waals surface area contributed by atoms with Gasteiger partial charge in [-0.3, -0.25) is 10.1 Å². The van der Waals surface area contributed by atoms with Gasteiger partial charge in [0, 0.05) is 40.8 Å². The predicted molar refractivity (Wildman–Crippen MR) is 104 cm³/mol. The predicted octanol–water partition coefficient (Wildman–Crippen LogP) is 4.89. The van der Waals surface area contributed by atoms with Crippen molar-refractivity contribution in [3.63, 3.8) is 0 Å². The Hall–Kier alpha value is -2.18. The Morgan fingerprint density at radius 3 is 2.62 bits per heavy atom. The smallest absolute Gasteiger partial charge is 0.257 e. The largest absolute Gasteiger partial charge is 0.378 e. The van der Waals surface area contributed by atoms with Crippen molar-refractivity contribution in [3.05, 3.63) is 63.9 Å². The molecule has 0 aliphatic rings. The molecule has 24 heavy (non-hydrogen) atoms. The molecular formula is C18H16BrN3OS. The molecule has 0 saturated heterocycles. The summed E-state index contributed by atoms with van der Waals surface area (Å²) in [6.07, 6.45) is 0. The Kier molecular flexibility index (Phi) is 4.97. The maximum atomic E-state index is 12.4. The van der Waals surface area contributed by atoms with Gasteiger partial charge in [0.05, 0.1) is 5.69 Å². The van der Waals surface area contributed by atoms with Crippen molar-refractivity contribution in [2.75, 3.05) is 24.3 Å². The monoisotopic (exact) mass is 401 g/mol. The van der Waals surface area contributed by atoms with E-state index in [0.717, 1.165) is 21.4 Å². The Balaban J connectivity index is 1.76. The minimum absolute atomic E-state index is 0.157. The van der Waals surface area contributed by atoms with E-state index in [1.165, 1.54) is 11.3 Å². The van der Waals surface area contributed by atoms with Crippen LogP contribution in [0.25, 0.3) is 11.3 Å². The fourth-order valence-corrected chi connectivity index (χ4v) is 3.16. The van der Waals surface area contributed by atoms with Crippen LogP contribution in [0.3, 0.4) is 0 Å². The quantitative estimate of drug-likeness (QED) is 0.676. The number of nitrogens with one attached hydrogen (secondary N) is 1. The lowest BCUT2D eigenvalue weighted by atomic mass is 10.2. The van der Waals surface area contributed by atoms with Gasteiger partial charge in [-0.15, -0.1) is 11.3 Å². The van der Waals surface area contributed by atoms with Crippen molar-refractivity contribution in [2.45, 2.75) is 0 Å². The summed E-state index contributed by atoms with van der Waals surface area (Å²) in [7, 11) is 3.89. The summed E-state index contributed by atoms with van der Waals surface area (Å²) < 4.78 is 1.02. The molecule has 3 rings (SSSR count). The number of benzene rings is 2. The molecule has 4 nitrogen and oxygen atoms in total. The first-order valence-corrected chi connectivity index (χ1v) is 9.00. The molecule has 3 aromatic rings. The molecule has 2 aromatic carbocycles. The molecule has 0 aliphatic carbocycles.